The molecule has 0 bridgehead atoms. The van der Waals surface area contributed by atoms with E-state index in [1.165, 1.54) is 50.1 Å². The van der Waals surface area contributed by atoms with Crippen LogP contribution in [0.25, 0.3) is 33.4 Å². The molecule has 214 valence electrons. The van der Waals surface area contributed by atoms with E-state index in [0.29, 0.717) is 0 Å². The summed E-state index contributed by atoms with van der Waals surface area (Å²) in [6, 6.07) is 29.7. The molecule has 4 aromatic carbocycles. The Labute approximate surface area is 273 Å². The molecule has 3 heteroatoms. The maximum Gasteiger partial charge on any atom is -1.00 e. The molecule has 6 rings (SSSR count). The summed E-state index contributed by atoms with van der Waals surface area (Å²) in [5, 5.41) is 0. The van der Waals surface area contributed by atoms with Crippen LogP contribution >= 0.6 is 0 Å². The normalized spacial score (nSPS) is 13.3. The van der Waals surface area contributed by atoms with Crippen molar-refractivity contribution in [2.75, 3.05) is 0 Å². The van der Waals surface area contributed by atoms with Gasteiger partial charge in [0.1, 0.15) is 0 Å². The molecule has 2 aliphatic carbocycles. The van der Waals surface area contributed by atoms with Gasteiger partial charge in [-0.15, -0.1) is 0 Å². The largest absolute Gasteiger partial charge is 1.00 e. The number of benzene rings is 4. The van der Waals surface area contributed by atoms with Crippen LogP contribution in [0, 0.1) is 0 Å². The van der Waals surface area contributed by atoms with E-state index in [4.69, 9.17) is 4.21 Å². The molecule has 0 saturated carbocycles. The molecule has 0 fully saturated rings. The third-order valence-electron chi connectivity index (χ3n) is 8.56. The average Bonchev–Trinajstić information content (AvgIpc) is 3.59. The van der Waals surface area contributed by atoms with Crippen molar-refractivity contribution < 1.29 is 46.1 Å². The summed E-state index contributed by atoms with van der Waals surface area (Å²) in [6.07, 6.45) is 9.00. The van der Waals surface area contributed by atoms with Gasteiger partial charge in [-0.05, 0) is 0 Å². The molecule has 0 aromatic heterocycles. The summed E-state index contributed by atoms with van der Waals surface area (Å²) in [5.41, 5.74) is 14.3. The quantitative estimate of drug-likeness (QED) is 0.274. The first-order chi connectivity index (χ1) is 19.0. The van der Waals surface area contributed by atoms with E-state index in [1.54, 1.807) is 12.1 Å². The topological polar surface area (TPSA) is 0 Å². The van der Waals surface area contributed by atoms with E-state index in [1.807, 2.05) is 0 Å². The summed E-state index contributed by atoms with van der Waals surface area (Å²) >= 11 is -2.40. The number of allylic oxidation sites excluding steroid dienone is 4. The fraction of sp³-hybridized carbons (Fsp3) is 0.256. The van der Waals surface area contributed by atoms with Crippen LogP contribution in [-0.2, 0) is 38.5 Å². The number of fused-ring (bicyclic) bond motifs is 3. The van der Waals surface area contributed by atoms with Crippen molar-refractivity contribution in [1.29, 1.82) is 0 Å². The second-order valence-electron chi connectivity index (χ2n) is 13.5. The van der Waals surface area contributed by atoms with Gasteiger partial charge in [-0.25, -0.2) is 0 Å². The fourth-order valence-corrected chi connectivity index (χ4v) is 11.8. The van der Waals surface area contributed by atoms with E-state index in [9.17, 15) is 0 Å². The molecule has 0 heterocycles. The monoisotopic (exact) mass is 668 g/mol. The summed E-state index contributed by atoms with van der Waals surface area (Å²) in [7, 11) is 0. The van der Waals surface area contributed by atoms with Crippen molar-refractivity contribution in [2.45, 2.75) is 65.2 Å². The Kier molecular flexibility index (Phi) is 9.59. The SMILES string of the molecule is [CH2]=[Zr+2]([C]1=CC=CC1)[c]1c2c(cc(C(C)(C)C)c1-c1ccccc1)-c1cc(C(C)(C)C)c(-c3ccccc3)cc1C2.[Cl-].[Cl-]. The summed E-state index contributed by atoms with van der Waals surface area (Å²) in [6.45, 7) is 14.2. The molecule has 42 heavy (non-hydrogen) atoms. The van der Waals surface area contributed by atoms with Gasteiger partial charge in [-0.2, -0.15) is 0 Å². The molecule has 2 aliphatic rings. The molecule has 0 spiro atoms. The number of hydrogen-bond donors (Lipinski definition) is 0. The summed E-state index contributed by atoms with van der Waals surface area (Å²) in [4.78, 5) is 0. The average molecular weight is 671 g/mol. The molecule has 0 saturated heterocycles. The van der Waals surface area contributed by atoms with Gasteiger partial charge in [-0.3, -0.25) is 0 Å². The molecular weight excluding hydrogens is 631 g/mol. The van der Waals surface area contributed by atoms with Crippen molar-refractivity contribution in [1.82, 2.24) is 0 Å². The van der Waals surface area contributed by atoms with Crippen molar-refractivity contribution in [3.8, 4) is 33.4 Å². The molecule has 0 radical (unpaired) electrons. The Morgan fingerprint density at radius 3 is 1.79 bits per heavy atom. The van der Waals surface area contributed by atoms with E-state index in [0.717, 1.165) is 12.8 Å². The van der Waals surface area contributed by atoms with Crippen LogP contribution in [0.3, 0.4) is 0 Å². The molecular formula is C39H40Cl2Zr. The van der Waals surface area contributed by atoms with Crippen LogP contribution in [0.15, 0.2) is 100 Å². The van der Waals surface area contributed by atoms with Gasteiger partial charge in [0.2, 0.25) is 0 Å². The zero-order valence-corrected chi connectivity index (χ0v) is 29.6. The third-order valence-corrected chi connectivity index (χ3v) is 14.2. The van der Waals surface area contributed by atoms with Crippen LogP contribution in [0.5, 0.6) is 0 Å². The minimum absolute atomic E-state index is 0. The molecule has 0 amide bonds. The number of rotatable bonds is 4. The second-order valence-corrected chi connectivity index (χ2v) is 18.6. The summed E-state index contributed by atoms with van der Waals surface area (Å²) in [5.74, 6) is 0. The maximum absolute atomic E-state index is 5.05. The first-order valence-corrected chi connectivity index (χ1v) is 18.8. The van der Waals surface area contributed by atoms with Gasteiger partial charge in [0.15, 0.2) is 0 Å². The zero-order chi connectivity index (χ0) is 28.2. The first-order valence-electron chi connectivity index (χ1n) is 14.6. The van der Waals surface area contributed by atoms with Crippen LogP contribution < -0.4 is 28.1 Å². The Morgan fingerprint density at radius 1 is 0.667 bits per heavy atom. The third kappa shape index (κ3) is 5.91. The summed E-state index contributed by atoms with van der Waals surface area (Å²) < 4.78 is 8.26. The van der Waals surface area contributed by atoms with Crippen LogP contribution in [0.1, 0.15) is 70.2 Å². The Balaban J connectivity index is 0.00000202. The van der Waals surface area contributed by atoms with Gasteiger partial charge < -0.3 is 24.8 Å². The van der Waals surface area contributed by atoms with Gasteiger partial charge >= 0.3 is 250 Å². The van der Waals surface area contributed by atoms with Crippen molar-refractivity contribution in [3.05, 3.63) is 123 Å². The van der Waals surface area contributed by atoms with Gasteiger partial charge in [0.05, 0.1) is 0 Å². The van der Waals surface area contributed by atoms with E-state index in [-0.39, 0.29) is 35.6 Å². The van der Waals surface area contributed by atoms with Gasteiger partial charge in [-0.1, -0.05) is 0 Å². The molecule has 0 unspecified atom stereocenters. The molecule has 0 aliphatic heterocycles. The van der Waals surface area contributed by atoms with E-state index < -0.39 is 21.3 Å². The minimum atomic E-state index is -2.40. The second kappa shape index (κ2) is 12.4. The Bertz CT molecular complexity index is 1700. The first kappa shape index (κ1) is 32.6. The predicted molar refractivity (Wildman–Crippen MR) is 172 cm³/mol. The van der Waals surface area contributed by atoms with Crippen LogP contribution in [0.4, 0.5) is 0 Å². The van der Waals surface area contributed by atoms with Gasteiger partial charge in [0, 0.05) is 0 Å². The van der Waals surface area contributed by atoms with Crippen LogP contribution in [0.2, 0.25) is 0 Å². The van der Waals surface area contributed by atoms with Crippen molar-refractivity contribution in [3.63, 3.8) is 0 Å². The van der Waals surface area contributed by atoms with Crippen molar-refractivity contribution in [2.24, 2.45) is 0 Å². The smallest absolute Gasteiger partial charge is 1.00 e. The predicted octanol–water partition coefficient (Wildman–Crippen LogP) is 3.71. The number of halogens is 2. The Morgan fingerprint density at radius 2 is 1.24 bits per heavy atom. The van der Waals surface area contributed by atoms with E-state index in [2.05, 4.69) is 139 Å². The standard InChI is InChI=1S/C33H33.C5H5.CH2.2ClH.Zr/c1-32(2,3)30-20-26-24(18-28(30)22-13-9-7-10-14-22)17-25-19-29(23-15-11-8-12-16-23)31(21-27(25)26)33(4,5)6;1-2-4-5-3-1;;;;/h7-16,18,20-21H,17H2,1-6H3;1-3H,4H2;1H2;2*1H;/q;;;;;+2/p-2. The zero-order valence-electron chi connectivity index (χ0n) is 25.6. The molecule has 0 N–H and O–H groups in total. The molecule has 0 atom stereocenters. The molecule has 0 nitrogen and oxygen atoms in total. The fourth-order valence-electron chi connectivity index (χ4n) is 6.52. The van der Waals surface area contributed by atoms with Crippen molar-refractivity contribution >= 4 is 7.48 Å². The Hall–Kier alpha value is -2.31. The number of hydrogen-bond acceptors (Lipinski definition) is 0. The van der Waals surface area contributed by atoms with Gasteiger partial charge in [0.25, 0.3) is 0 Å². The van der Waals surface area contributed by atoms with Crippen LogP contribution in [-0.4, -0.2) is 4.21 Å². The molecule has 4 aromatic rings. The van der Waals surface area contributed by atoms with E-state index >= 15 is 0 Å². The minimum Gasteiger partial charge on any atom is -1.00 e. The maximum atomic E-state index is 5.05.